The summed E-state index contributed by atoms with van der Waals surface area (Å²) in [6, 6.07) is 9.45. The van der Waals surface area contributed by atoms with E-state index < -0.39 is 0 Å². The van der Waals surface area contributed by atoms with Crippen LogP contribution in [0.1, 0.15) is 6.42 Å². The normalized spacial score (nSPS) is 16.7. The van der Waals surface area contributed by atoms with E-state index in [9.17, 15) is 4.79 Å². The van der Waals surface area contributed by atoms with Gasteiger partial charge in [-0.3, -0.25) is 4.79 Å². The molecule has 1 aromatic rings. The summed E-state index contributed by atoms with van der Waals surface area (Å²) in [5.74, 6) is 0.0159. The van der Waals surface area contributed by atoms with Crippen LogP contribution in [-0.2, 0) is 4.79 Å². The van der Waals surface area contributed by atoms with Gasteiger partial charge in [0, 0.05) is 24.7 Å². The molecule has 1 heterocycles. The number of carbonyl (C=O) groups is 1. The van der Waals surface area contributed by atoms with Crippen molar-refractivity contribution in [2.75, 3.05) is 11.4 Å². The second kappa shape index (κ2) is 3.54. The van der Waals surface area contributed by atoms with Crippen molar-refractivity contribution >= 4 is 11.6 Å². The highest BCUT2D eigenvalue weighted by molar-refractivity contribution is 6.02. The molecule has 0 unspecified atom stereocenters. The molecule has 3 nitrogen and oxygen atoms in total. The number of hydrogen-bond donors (Lipinski definition) is 1. The summed E-state index contributed by atoms with van der Waals surface area (Å²) in [6.45, 7) is 0.547. The Hall–Kier alpha value is -1.77. The lowest BCUT2D eigenvalue weighted by Crippen LogP contribution is -2.33. The first-order valence-electron chi connectivity index (χ1n) is 4.53. The topological polar surface area (TPSA) is 40.5 Å². The summed E-state index contributed by atoms with van der Waals surface area (Å²) < 4.78 is 0. The highest BCUT2D eigenvalue weighted by Crippen LogP contribution is 2.18. The third kappa shape index (κ3) is 1.62. The summed E-state index contributed by atoms with van der Waals surface area (Å²) in [5, 5.41) is 9.16. The van der Waals surface area contributed by atoms with E-state index >= 15 is 0 Å². The number of aliphatic hydroxyl groups is 1. The molecular weight excluding hydrogens is 178 g/mol. The quantitative estimate of drug-likeness (QED) is 0.732. The number of rotatable bonds is 1. The van der Waals surface area contributed by atoms with Gasteiger partial charge in [0.2, 0.25) is 0 Å². The minimum Gasteiger partial charge on any atom is -0.512 e. The smallest absolute Gasteiger partial charge is 0.254 e. The van der Waals surface area contributed by atoms with Gasteiger partial charge in [0.1, 0.15) is 0 Å². The van der Waals surface area contributed by atoms with Gasteiger partial charge in [-0.05, 0) is 12.1 Å². The van der Waals surface area contributed by atoms with Gasteiger partial charge in [0.15, 0.2) is 0 Å². The van der Waals surface area contributed by atoms with E-state index in [-0.39, 0.29) is 11.7 Å². The summed E-state index contributed by atoms with van der Waals surface area (Å²) >= 11 is 0. The van der Waals surface area contributed by atoms with Gasteiger partial charge in [-0.25, -0.2) is 0 Å². The first-order valence-corrected chi connectivity index (χ1v) is 4.53. The number of para-hydroxylation sites is 1. The van der Waals surface area contributed by atoms with Gasteiger partial charge in [-0.15, -0.1) is 0 Å². The minimum absolute atomic E-state index is 0.153. The predicted molar refractivity (Wildman–Crippen MR) is 54.1 cm³/mol. The largest absolute Gasteiger partial charge is 0.512 e. The van der Waals surface area contributed by atoms with Gasteiger partial charge in [0.05, 0.1) is 5.76 Å². The Morgan fingerprint density at radius 2 is 1.93 bits per heavy atom. The molecule has 0 spiro atoms. The lowest BCUT2D eigenvalue weighted by Gasteiger charge is -2.24. The van der Waals surface area contributed by atoms with Crippen LogP contribution < -0.4 is 4.90 Å². The Labute approximate surface area is 82.3 Å². The zero-order valence-corrected chi connectivity index (χ0v) is 7.68. The van der Waals surface area contributed by atoms with Crippen LogP contribution >= 0.6 is 0 Å². The molecule has 0 fully saturated rings. The van der Waals surface area contributed by atoms with E-state index in [2.05, 4.69) is 0 Å². The summed E-state index contributed by atoms with van der Waals surface area (Å²) in [4.78, 5) is 13.1. The van der Waals surface area contributed by atoms with E-state index in [4.69, 9.17) is 5.11 Å². The molecule has 14 heavy (non-hydrogen) atoms. The molecule has 0 radical (unpaired) electrons. The summed E-state index contributed by atoms with van der Waals surface area (Å²) in [5.41, 5.74) is 0.876. The average Bonchev–Trinajstić information content (AvgIpc) is 2.19. The lowest BCUT2D eigenvalue weighted by molar-refractivity contribution is -0.114. The number of nitrogens with zero attached hydrogens (tertiary/aromatic N) is 1. The highest BCUT2D eigenvalue weighted by atomic mass is 16.3. The second-order valence-corrected chi connectivity index (χ2v) is 3.21. The number of benzene rings is 1. The van der Waals surface area contributed by atoms with Crippen molar-refractivity contribution in [2.24, 2.45) is 0 Å². The van der Waals surface area contributed by atoms with Gasteiger partial charge in [0.25, 0.3) is 5.91 Å². The Morgan fingerprint density at radius 1 is 1.21 bits per heavy atom. The zero-order valence-electron chi connectivity index (χ0n) is 7.68. The number of aliphatic hydroxyl groups excluding tert-OH is 1. The van der Waals surface area contributed by atoms with Crippen LogP contribution in [0.3, 0.4) is 0 Å². The first-order chi connectivity index (χ1) is 6.77. The SMILES string of the molecule is O=C1C=C(O)CCN1c1ccccc1. The van der Waals surface area contributed by atoms with E-state index in [1.54, 1.807) is 4.90 Å². The fraction of sp³-hybridized carbons (Fsp3) is 0.182. The van der Waals surface area contributed by atoms with Crippen molar-refractivity contribution in [1.29, 1.82) is 0 Å². The number of amides is 1. The molecular formula is C11H11NO2. The Morgan fingerprint density at radius 3 is 2.57 bits per heavy atom. The Balaban J connectivity index is 2.26. The molecule has 0 bridgehead atoms. The molecule has 72 valence electrons. The van der Waals surface area contributed by atoms with Crippen molar-refractivity contribution in [3.05, 3.63) is 42.2 Å². The van der Waals surface area contributed by atoms with E-state index in [0.717, 1.165) is 5.69 Å². The molecule has 1 aliphatic rings. The van der Waals surface area contributed by atoms with Crippen molar-refractivity contribution in [1.82, 2.24) is 0 Å². The number of anilines is 1. The van der Waals surface area contributed by atoms with Gasteiger partial charge in [-0.1, -0.05) is 18.2 Å². The molecule has 0 atom stereocenters. The van der Waals surface area contributed by atoms with Gasteiger partial charge < -0.3 is 10.0 Å². The van der Waals surface area contributed by atoms with Gasteiger partial charge in [-0.2, -0.15) is 0 Å². The van der Waals surface area contributed by atoms with Crippen LogP contribution in [0.15, 0.2) is 42.2 Å². The molecule has 2 rings (SSSR count). The van der Waals surface area contributed by atoms with Crippen molar-refractivity contribution < 1.29 is 9.90 Å². The maximum atomic E-state index is 11.5. The van der Waals surface area contributed by atoms with Crippen LogP contribution in [0, 0.1) is 0 Å². The van der Waals surface area contributed by atoms with E-state index in [0.29, 0.717) is 13.0 Å². The molecule has 0 saturated heterocycles. The summed E-state index contributed by atoms with van der Waals surface area (Å²) in [6.07, 6.45) is 1.80. The second-order valence-electron chi connectivity index (χ2n) is 3.21. The van der Waals surface area contributed by atoms with Gasteiger partial charge >= 0.3 is 0 Å². The van der Waals surface area contributed by atoms with Crippen LogP contribution in [0.25, 0.3) is 0 Å². The minimum atomic E-state index is -0.153. The molecule has 1 amide bonds. The molecule has 1 aromatic carbocycles. The third-order valence-electron chi connectivity index (χ3n) is 2.22. The molecule has 0 aromatic heterocycles. The fourth-order valence-corrected chi connectivity index (χ4v) is 1.49. The maximum Gasteiger partial charge on any atom is 0.254 e. The monoisotopic (exact) mass is 189 g/mol. The van der Waals surface area contributed by atoms with Crippen molar-refractivity contribution in [2.45, 2.75) is 6.42 Å². The Kier molecular flexibility index (Phi) is 2.23. The fourth-order valence-electron chi connectivity index (χ4n) is 1.49. The van der Waals surface area contributed by atoms with Crippen LogP contribution in [0.5, 0.6) is 0 Å². The highest BCUT2D eigenvalue weighted by Gasteiger charge is 2.18. The molecule has 3 heteroatoms. The van der Waals surface area contributed by atoms with Crippen LogP contribution in [0.4, 0.5) is 5.69 Å². The van der Waals surface area contributed by atoms with Crippen LogP contribution in [-0.4, -0.2) is 17.6 Å². The third-order valence-corrected chi connectivity index (χ3v) is 2.22. The summed E-state index contributed by atoms with van der Waals surface area (Å²) in [7, 11) is 0. The standard InChI is InChI=1S/C11H11NO2/c13-10-6-7-12(11(14)8-10)9-4-2-1-3-5-9/h1-5,8,13H,6-7H2. The molecule has 0 saturated carbocycles. The lowest BCUT2D eigenvalue weighted by atomic mass is 10.2. The Bertz CT molecular complexity index is 370. The maximum absolute atomic E-state index is 11.5. The van der Waals surface area contributed by atoms with Crippen molar-refractivity contribution in [3.63, 3.8) is 0 Å². The molecule has 1 N–H and O–H groups in total. The first kappa shape index (κ1) is 8.81. The molecule has 1 aliphatic heterocycles. The van der Waals surface area contributed by atoms with Crippen LogP contribution in [0.2, 0.25) is 0 Å². The predicted octanol–water partition coefficient (Wildman–Crippen LogP) is 1.87. The zero-order chi connectivity index (χ0) is 9.97. The molecule has 0 aliphatic carbocycles. The average molecular weight is 189 g/mol. The number of hydrogen-bond acceptors (Lipinski definition) is 2. The van der Waals surface area contributed by atoms with E-state index in [1.165, 1.54) is 6.08 Å². The number of carbonyl (C=O) groups excluding carboxylic acids is 1. The van der Waals surface area contributed by atoms with Crippen molar-refractivity contribution in [3.8, 4) is 0 Å². The van der Waals surface area contributed by atoms with E-state index in [1.807, 2.05) is 30.3 Å².